The summed E-state index contributed by atoms with van der Waals surface area (Å²) < 4.78 is 9.92. The van der Waals surface area contributed by atoms with Gasteiger partial charge in [-0.2, -0.15) is 0 Å². The van der Waals surface area contributed by atoms with Gasteiger partial charge in [-0.15, -0.1) is 0 Å². The summed E-state index contributed by atoms with van der Waals surface area (Å²) in [5.41, 5.74) is 0. The fraction of sp³-hybridized carbons (Fsp3) is 0.750. The van der Waals surface area contributed by atoms with Crippen LogP contribution in [-0.4, -0.2) is 29.2 Å². The monoisotopic (exact) mass is 372 g/mol. The van der Waals surface area contributed by atoms with E-state index in [2.05, 4.69) is 4.74 Å². The highest BCUT2D eigenvalue weighted by Gasteiger charge is 2.50. The van der Waals surface area contributed by atoms with Crippen LogP contribution in [0.25, 0.3) is 0 Å². The summed E-state index contributed by atoms with van der Waals surface area (Å²) in [6, 6.07) is 0. The zero-order valence-corrected chi connectivity index (χ0v) is 12.3. The van der Waals surface area contributed by atoms with Gasteiger partial charge in [0.2, 0.25) is 9.64 Å². The molecule has 0 aromatic heterocycles. The lowest BCUT2D eigenvalue weighted by Gasteiger charge is -2.26. The van der Waals surface area contributed by atoms with E-state index in [4.69, 9.17) is 79.4 Å². The average molecular weight is 375 g/mol. The lowest BCUT2D eigenvalue weighted by molar-refractivity contribution is -0.145. The zero-order chi connectivity index (χ0) is 13.4. The third-order valence-electron chi connectivity index (χ3n) is 1.04. The normalized spacial score (nSPS) is 15.8. The number of esters is 1. The van der Waals surface area contributed by atoms with Crippen LogP contribution >= 0.6 is 77.2 Å². The molecule has 0 aliphatic rings. The molecule has 0 bridgehead atoms. The predicted octanol–water partition coefficient (Wildman–Crippen LogP) is 2.77. The van der Waals surface area contributed by atoms with Crippen LogP contribution in [0.2, 0.25) is 0 Å². The first kappa shape index (κ1) is 17.4. The summed E-state index contributed by atoms with van der Waals surface area (Å²) in [4.78, 5) is 28.6. The maximum atomic E-state index is 11.0. The molecule has 0 fully saturated rings. The molecule has 1 unspecified atom stereocenters. The number of alkyl halides is 6. The van der Waals surface area contributed by atoms with Crippen LogP contribution in [0, 0.1) is 0 Å². The minimum atomic E-state index is -5.04. The molecule has 1 atom stereocenters. The molecule has 0 heterocycles. The molecular weight excluding hydrogens is 372 g/mol. The third-order valence-corrected chi connectivity index (χ3v) is 3.65. The van der Waals surface area contributed by atoms with Crippen molar-refractivity contribution in [3.8, 4) is 0 Å². The average Bonchev–Trinajstić information content (AvgIpc) is 1.92. The quantitative estimate of drug-likeness (QED) is 0.441. The van der Waals surface area contributed by atoms with Gasteiger partial charge in [-0.1, -0.05) is 69.6 Å². The van der Waals surface area contributed by atoms with Gasteiger partial charge in [0.25, 0.3) is 3.79 Å². The van der Waals surface area contributed by atoms with Gasteiger partial charge in [0.1, 0.15) is 0 Å². The Morgan fingerprint density at radius 3 is 1.69 bits per heavy atom. The van der Waals surface area contributed by atoms with E-state index in [1.807, 2.05) is 0 Å². The van der Waals surface area contributed by atoms with E-state index in [1.54, 1.807) is 0 Å². The van der Waals surface area contributed by atoms with Crippen molar-refractivity contribution < 1.29 is 23.9 Å². The minimum Gasteiger partial charge on any atom is -0.441 e. The lowest BCUT2D eigenvalue weighted by Crippen LogP contribution is -2.35. The molecule has 0 saturated carbocycles. The molecule has 16 heavy (non-hydrogen) atoms. The molecule has 0 rings (SSSR count). The summed E-state index contributed by atoms with van der Waals surface area (Å²) in [5, 5.41) is 0. The molecule has 0 spiro atoms. The van der Waals surface area contributed by atoms with Gasteiger partial charge in [-0.05, 0) is 0 Å². The largest absolute Gasteiger partial charge is 0.441 e. The summed E-state index contributed by atoms with van der Waals surface area (Å²) in [7, 11) is -5.04. The van der Waals surface area contributed by atoms with Crippen molar-refractivity contribution in [1.29, 1.82) is 0 Å². The fourth-order valence-corrected chi connectivity index (χ4v) is 2.52. The van der Waals surface area contributed by atoms with E-state index < -0.39 is 27.0 Å². The standard InChI is InChI=1S/C4H3Cl6O5P/c5-3(6,7)1(11)15-2(4(8,9)10)16(12,13)14/h2H,(H2,12,13,14). The fourth-order valence-electron chi connectivity index (χ4n) is 0.494. The van der Waals surface area contributed by atoms with Gasteiger partial charge >= 0.3 is 13.6 Å². The summed E-state index contributed by atoms with van der Waals surface area (Å²) in [6.07, 6.45) is 0. The summed E-state index contributed by atoms with van der Waals surface area (Å²) >= 11 is 30.9. The highest BCUT2D eigenvalue weighted by atomic mass is 35.6. The van der Waals surface area contributed by atoms with Crippen molar-refractivity contribution >= 4 is 83.2 Å². The molecule has 0 aromatic carbocycles. The molecule has 0 aliphatic heterocycles. The molecule has 5 nitrogen and oxygen atoms in total. The molecule has 0 amide bonds. The molecule has 0 saturated heterocycles. The van der Waals surface area contributed by atoms with Gasteiger partial charge in [0.15, 0.2) is 0 Å². The van der Waals surface area contributed by atoms with Crippen LogP contribution in [0.3, 0.4) is 0 Å². The number of carbonyl (C=O) groups excluding carboxylic acids is 1. The van der Waals surface area contributed by atoms with E-state index in [1.165, 1.54) is 0 Å². The topological polar surface area (TPSA) is 83.8 Å². The smallest absolute Gasteiger partial charge is 0.370 e. The Hall–Kier alpha value is 1.36. The van der Waals surface area contributed by atoms with Crippen LogP contribution in [0.15, 0.2) is 0 Å². The summed E-state index contributed by atoms with van der Waals surface area (Å²) in [6.45, 7) is 0. The van der Waals surface area contributed by atoms with E-state index in [0.29, 0.717) is 0 Å². The lowest BCUT2D eigenvalue weighted by atomic mass is 10.7. The van der Waals surface area contributed by atoms with Gasteiger partial charge in [-0.3, -0.25) is 4.57 Å². The maximum Gasteiger partial charge on any atom is 0.370 e. The Balaban J connectivity index is 5.01. The number of hydrogen-bond acceptors (Lipinski definition) is 3. The highest BCUT2D eigenvalue weighted by molar-refractivity contribution is 7.53. The molecule has 0 radical (unpaired) electrons. The maximum absolute atomic E-state index is 11.0. The Bertz CT molecular complexity index is 314. The second-order valence-electron chi connectivity index (χ2n) is 2.39. The van der Waals surface area contributed by atoms with Crippen molar-refractivity contribution in [3.05, 3.63) is 0 Å². The van der Waals surface area contributed by atoms with Crippen LogP contribution in [0.5, 0.6) is 0 Å². The predicted molar refractivity (Wildman–Crippen MR) is 62.5 cm³/mol. The van der Waals surface area contributed by atoms with E-state index in [0.717, 1.165) is 0 Å². The molecule has 96 valence electrons. The van der Waals surface area contributed by atoms with Crippen molar-refractivity contribution in [3.63, 3.8) is 0 Å². The first-order valence-electron chi connectivity index (χ1n) is 3.16. The van der Waals surface area contributed by atoms with Crippen molar-refractivity contribution in [2.24, 2.45) is 0 Å². The van der Waals surface area contributed by atoms with Gasteiger partial charge < -0.3 is 14.5 Å². The van der Waals surface area contributed by atoms with Crippen molar-refractivity contribution in [2.75, 3.05) is 0 Å². The van der Waals surface area contributed by atoms with Crippen molar-refractivity contribution in [1.82, 2.24) is 0 Å². The van der Waals surface area contributed by atoms with E-state index in [9.17, 15) is 9.36 Å². The van der Waals surface area contributed by atoms with Gasteiger partial charge in [0.05, 0.1) is 0 Å². The highest BCUT2D eigenvalue weighted by Crippen LogP contribution is 2.53. The SMILES string of the molecule is O=C(OC(C(Cl)(Cl)Cl)P(=O)(O)O)C(Cl)(Cl)Cl. The number of halogens is 6. The molecule has 0 aromatic rings. The Labute approximate surface area is 120 Å². The van der Waals surface area contributed by atoms with Crippen molar-refractivity contribution in [2.45, 2.75) is 13.4 Å². The number of carbonyl (C=O) groups is 1. The van der Waals surface area contributed by atoms with Crippen LogP contribution in [0.1, 0.15) is 0 Å². The number of hydrogen-bond donors (Lipinski definition) is 2. The molecule has 2 N–H and O–H groups in total. The third kappa shape index (κ3) is 5.80. The second-order valence-corrected chi connectivity index (χ2v) is 8.68. The zero-order valence-electron chi connectivity index (χ0n) is 6.91. The van der Waals surface area contributed by atoms with Crippen LogP contribution in [-0.2, 0) is 14.1 Å². The first-order chi connectivity index (χ1) is 6.76. The summed E-state index contributed by atoms with van der Waals surface area (Å²) in [5.74, 6) is -3.94. The molecular formula is C4H3Cl6O5P. The molecule has 0 aliphatic carbocycles. The minimum absolute atomic E-state index is 1.57. The number of ether oxygens (including phenoxy) is 1. The molecule has 12 heteroatoms. The van der Waals surface area contributed by atoms with Gasteiger partial charge in [0, 0.05) is 0 Å². The Kier molecular flexibility index (Phi) is 6.03. The number of rotatable bonds is 2. The Morgan fingerprint density at radius 2 is 1.50 bits per heavy atom. The van der Waals surface area contributed by atoms with Gasteiger partial charge in [-0.25, -0.2) is 4.79 Å². The second kappa shape index (κ2) is 5.55. The van der Waals surface area contributed by atoms with Crippen LogP contribution in [0.4, 0.5) is 0 Å². The van der Waals surface area contributed by atoms with Crippen LogP contribution < -0.4 is 0 Å². The first-order valence-corrected chi connectivity index (χ1v) is 7.11. The Morgan fingerprint density at radius 1 is 1.12 bits per heavy atom. The van der Waals surface area contributed by atoms with E-state index >= 15 is 0 Å². The van der Waals surface area contributed by atoms with E-state index in [-0.39, 0.29) is 0 Å².